The lowest BCUT2D eigenvalue weighted by molar-refractivity contribution is 0.703. The molecule has 25 heavy (non-hydrogen) atoms. The first kappa shape index (κ1) is 25.2. The van der Waals surface area contributed by atoms with Crippen LogP contribution in [-0.2, 0) is 6.54 Å². The van der Waals surface area contributed by atoms with Gasteiger partial charge in [-0.3, -0.25) is 0 Å². The number of hydrogen-bond donors (Lipinski definition) is 1. The third-order valence-corrected chi connectivity index (χ3v) is 2.71. The Morgan fingerprint density at radius 2 is 1.80 bits per heavy atom. The zero-order valence-electron chi connectivity index (χ0n) is 15.7. The van der Waals surface area contributed by atoms with Crippen LogP contribution >= 0.6 is 15.9 Å². The van der Waals surface area contributed by atoms with E-state index in [1.165, 1.54) is 18.6 Å². The molecule has 0 saturated carbocycles. The van der Waals surface area contributed by atoms with Crippen molar-refractivity contribution in [3.63, 3.8) is 0 Å². The van der Waals surface area contributed by atoms with E-state index >= 15 is 0 Å². The molecule has 2 heterocycles. The van der Waals surface area contributed by atoms with Crippen molar-refractivity contribution in [3.8, 4) is 11.5 Å². The minimum Gasteiger partial charge on any atom is -0.382 e. The SMILES string of the molecule is C/C=C\C.CC.CC.Nc1ncc(Br)nc1-c1nncn1C/C=C/F. The van der Waals surface area contributed by atoms with Crippen molar-refractivity contribution in [1.82, 2.24) is 24.7 Å². The fourth-order valence-electron chi connectivity index (χ4n) is 1.27. The monoisotopic (exact) mass is 414 g/mol. The molecule has 0 aliphatic carbocycles. The lowest BCUT2D eigenvalue weighted by Crippen LogP contribution is -2.03. The molecular formula is C17H28BrFN6. The Bertz CT molecular complexity index is 621. The first-order valence-electron chi connectivity index (χ1n) is 8.12. The molecule has 0 spiro atoms. The van der Waals surface area contributed by atoms with Crippen LogP contribution in [0.2, 0.25) is 0 Å². The molecule has 0 aliphatic heterocycles. The third kappa shape index (κ3) is 9.71. The number of anilines is 1. The molecule has 8 heteroatoms. The van der Waals surface area contributed by atoms with Gasteiger partial charge in [-0.1, -0.05) is 39.8 Å². The molecule has 0 unspecified atom stereocenters. The minimum atomic E-state index is 0.242. The second-order valence-corrected chi connectivity index (χ2v) is 4.57. The van der Waals surface area contributed by atoms with Gasteiger partial charge in [0, 0.05) is 6.54 Å². The summed E-state index contributed by atoms with van der Waals surface area (Å²) in [5.74, 6) is 0.682. The van der Waals surface area contributed by atoms with Gasteiger partial charge < -0.3 is 10.3 Å². The van der Waals surface area contributed by atoms with Crippen molar-refractivity contribution in [3.05, 3.63) is 41.7 Å². The summed E-state index contributed by atoms with van der Waals surface area (Å²) < 4.78 is 14.1. The van der Waals surface area contributed by atoms with Gasteiger partial charge in [-0.25, -0.2) is 14.4 Å². The Morgan fingerprint density at radius 1 is 1.20 bits per heavy atom. The fourth-order valence-corrected chi connectivity index (χ4v) is 1.55. The number of nitrogens with two attached hydrogens (primary N) is 1. The van der Waals surface area contributed by atoms with E-state index in [9.17, 15) is 4.39 Å². The highest BCUT2D eigenvalue weighted by molar-refractivity contribution is 9.10. The zero-order valence-corrected chi connectivity index (χ0v) is 17.3. The summed E-state index contributed by atoms with van der Waals surface area (Å²) >= 11 is 3.20. The zero-order chi connectivity index (χ0) is 19.7. The van der Waals surface area contributed by atoms with Crippen molar-refractivity contribution in [1.29, 1.82) is 0 Å². The molecular weight excluding hydrogens is 387 g/mol. The molecule has 0 aromatic carbocycles. The maximum absolute atomic E-state index is 12.0. The van der Waals surface area contributed by atoms with E-state index in [2.05, 4.69) is 36.1 Å². The fraction of sp³-hybridized carbons (Fsp3) is 0.412. The Labute approximate surface area is 158 Å². The third-order valence-electron chi connectivity index (χ3n) is 2.32. The lowest BCUT2D eigenvalue weighted by atomic mass is 10.4. The number of nitrogen functional groups attached to an aromatic ring is 1. The topological polar surface area (TPSA) is 82.5 Å². The van der Waals surface area contributed by atoms with Crippen molar-refractivity contribution >= 4 is 21.7 Å². The van der Waals surface area contributed by atoms with Crippen molar-refractivity contribution in [2.75, 3.05) is 5.73 Å². The predicted octanol–water partition coefficient (Wildman–Crippen LogP) is 5.20. The molecule has 140 valence electrons. The molecule has 0 amide bonds. The molecule has 2 rings (SSSR count). The van der Waals surface area contributed by atoms with Gasteiger partial charge in [0.05, 0.1) is 12.5 Å². The minimum absolute atomic E-state index is 0.242. The molecule has 0 fully saturated rings. The van der Waals surface area contributed by atoms with Gasteiger partial charge >= 0.3 is 0 Å². The van der Waals surface area contributed by atoms with Gasteiger partial charge in [-0.05, 0) is 35.9 Å². The normalized spacial score (nSPS) is 9.60. The summed E-state index contributed by atoms with van der Waals surface area (Å²) in [5.41, 5.74) is 6.12. The number of halogens is 2. The number of hydrogen-bond acceptors (Lipinski definition) is 5. The molecule has 0 bridgehead atoms. The van der Waals surface area contributed by atoms with Crippen LogP contribution in [0.4, 0.5) is 10.2 Å². The van der Waals surface area contributed by atoms with Crippen LogP contribution in [0.1, 0.15) is 41.5 Å². The van der Waals surface area contributed by atoms with Gasteiger partial charge in [0.15, 0.2) is 17.3 Å². The smallest absolute Gasteiger partial charge is 0.186 e. The highest BCUT2D eigenvalue weighted by Crippen LogP contribution is 2.21. The maximum atomic E-state index is 12.0. The van der Waals surface area contributed by atoms with E-state index in [0.717, 1.165) is 0 Å². The van der Waals surface area contributed by atoms with Crippen LogP contribution in [0.3, 0.4) is 0 Å². The average Bonchev–Trinajstić information content (AvgIpc) is 3.13. The Kier molecular flexibility index (Phi) is 16.9. The summed E-state index contributed by atoms with van der Waals surface area (Å²) in [6.07, 6.45) is 8.74. The van der Waals surface area contributed by atoms with Crippen LogP contribution in [0, 0.1) is 0 Å². The van der Waals surface area contributed by atoms with Crippen LogP contribution < -0.4 is 5.73 Å². The van der Waals surface area contributed by atoms with E-state index in [-0.39, 0.29) is 5.82 Å². The second-order valence-electron chi connectivity index (χ2n) is 3.76. The lowest BCUT2D eigenvalue weighted by Gasteiger charge is -2.05. The molecule has 0 atom stereocenters. The molecule has 0 saturated heterocycles. The van der Waals surface area contributed by atoms with Gasteiger partial charge in [-0.2, -0.15) is 0 Å². The Morgan fingerprint density at radius 3 is 2.32 bits per heavy atom. The summed E-state index contributed by atoms with van der Waals surface area (Å²) in [5, 5.41) is 7.63. The quantitative estimate of drug-likeness (QED) is 0.697. The van der Waals surface area contributed by atoms with Crippen molar-refractivity contribution in [2.45, 2.75) is 48.1 Å². The number of nitrogens with zero attached hydrogens (tertiary/aromatic N) is 5. The molecule has 2 N–H and O–H groups in total. The first-order valence-corrected chi connectivity index (χ1v) is 8.92. The Balaban J connectivity index is 0. The van der Waals surface area contributed by atoms with E-state index in [1.807, 2.05) is 53.7 Å². The summed E-state index contributed by atoms with van der Waals surface area (Å²) in [6, 6.07) is 0. The van der Waals surface area contributed by atoms with Crippen molar-refractivity contribution in [2.24, 2.45) is 0 Å². The van der Waals surface area contributed by atoms with E-state index in [1.54, 1.807) is 4.57 Å². The van der Waals surface area contributed by atoms with Crippen LogP contribution in [-0.4, -0.2) is 24.7 Å². The van der Waals surface area contributed by atoms with E-state index < -0.39 is 0 Å². The number of rotatable bonds is 3. The highest BCUT2D eigenvalue weighted by atomic mass is 79.9. The summed E-state index contributed by atoms with van der Waals surface area (Å²) in [6.45, 7) is 12.3. The predicted molar refractivity (Wildman–Crippen MR) is 107 cm³/mol. The molecule has 2 aromatic rings. The van der Waals surface area contributed by atoms with Gasteiger partial charge in [-0.15, -0.1) is 10.2 Å². The maximum Gasteiger partial charge on any atom is 0.186 e. The summed E-state index contributed by atoms with van der Waals surface area (Å²) in [4.78, 5) is 8.12. The first-order chi connectivity index (χ1) is 12.1. The highest BCUT2D eigenvalue weighted by Gasteiger charge is 2.13. The van der Waals surface area contributed by atoms with Crippen molar-refractivity contribution < 1.29 is 4.39 Å². The molecule has 0 aliphatic rings. The van der Waals surface area contributed by atoms with E-state index in [0.29, 0.717) is 29.0 Å². The second kappa shape index (κ2) is 16.8. The number of aromatic nitrogens is 5. The molecule has 6 nitrogen and oxygen atoms in total. The van der Waals surface area contributed by atoms with Gasteiger partial charge in [0.1, 0.15) is 10.9 Å². The Hall–Kier alpha value is -2.09. The van der Waals surface area contributed by atoms with Gasteiger partial charge in [0.2, 0.25) is 0 Å². The van der Waals surface area contributed by atoms with Gasteiger partial charge in [0.25, 0.3) is 0 Å². The molecule has 2 aromatic heterocycles. The van der Waals surface area contributed by atoms with Crippen LogP contribution in [0.5, 0.6) is 0 Å². The van der Waals surface area contributed by atoms with Crippen LogP contribution in [0.25, 0.3) is 11.5 Å². The number of allylic oxidation sites excluding steroid dienone is 3. The average molecular weight is 415 g/mol. The standard InChI is InChI=1S/C9H8BrFN6.C4H8.2C2H6/c10-6-4-13-8(12)7(15-6)9-16-14-5-17(9)3-1-2-11;1-3-4-2;2*1-2/h1-2,4-5H,3H2,(H2,12,13);3-4H,1-2H3;2*1-2H3/b2-1+;4-3-;;. The largest absolute Gasteiger partial charge is 0.382 e. The molecule has 0 radical (unpaired) electrons. The van der Waals surface area contributed by atoms with E-state index in [4.69, 9.17) is 5.73 Å². The van der Waals surface area contributed by atoms with Crippen LogP contribution in [0.15, 0.2) is 41.7 Å². The summed E-state index contributed by atoms with van der Waals surface area (Å²) in [7, 11) is 0.